The van der Waals surface area contributed by atoms with Gasteiger partial charge in [-0.3, -0.25) is 0 Å². The number of halogens is 1. The predicted octanol–water partition coefficient (Wildman–Crippen LogP) is 3.29. The molecule has 18 heavy (non-hydrogen) atoms. The minimum absolute atomic E-state index is 0. The van der Waals surface area contributed by atoms with Crippen LogP contribution in [-0.4, -0.2) is 17.1 Å². The number of ether oxygens (including phenoxy) is 1. The fraction of sp³-hybridized carbons (Fsp3) is 0.214. The van der Waals surface area contributed by atoms with Gasteiger partial charge >= 0.3 is 5.97 Å². The summed E-state index contributed by atoms with van der Waals surface area (Å²) in [5.74, 6) is -0.270. The topological polar surface area (TPSA) is 31.2 Å². The molecule has 0 N–H and O–H groups in total. The van der Waals surface area contributed by atoms with Gasteiger partial charge in [0, 0.05) is 12.7 Å². The molecule has 2 aromatic rings. The van der Waals surface area contributed by atoms with Crippen LogP contribution in [0.15, 0.2) is 48.7 Å². The van der Waals surface area contributed by atoms with Crippen molar-refractivity contribution in [2.24, 2.45) is 0 Å². The number of benzene rings is 1. The van der Waals surface area contributed by atoms with Crippen LogP contribution in [0, 0.1) is 0 Å². The van der Waals surface area contributed by atoms with Crippen LogP contribution in [-0.2, 0) is 11.3 Å². The normalized spacial score (nSPS) is 9.61. The van der Waals surface area contributed by atoms with Crippen LogP contribution in [0.5, 0.6) is 0 Å². The highest BCUT2D eigenvalue weighted by Gasteiger charge is 2.11. The Morgan fingerprint density at radius 3 is 2.56 bits per heavy atom. The van der Waals surface area contributed by atoms with Crippen molar-refractivity contribution in [3.8, 4) is 0 Å². The molecule has 0 aliphatic heterocycles. The van der Waals surface area contributed by atoms with Gasteiger partial charge in [0.1, 0.15) is 5.69 Å². The average molecular weight is 310 g/mol. The maximum absolute atomic E-state index is 11.7. The third-order valence-corrected chi connectivity index (χ3v) is 2.51. The van der Waals surface area contributed by atoms with Crippen molar-refractivity contribution in [1.29, 1.82) is 0 Å². The maximum Gasteiger partial charge on any atom is 0.354 e. The fourth-order valence-electron chi connectivity index (χ4n) is 1.72. The average Bonchev–Trinajstić information content (AvgIpc) is 2.79. The SMILES string of the molecule is Br.CCOC(=O)c1cccn1Cc1ccccc1. The molecule has 1 aromatic carbocycles. The molecule has 0 radical (unpaired) electrons. The van der Waals surface area contributed by atoms with Gasteiger partial charge in [-0.2, -0.15) is 0 Å². The van der Waals surface area contributed by atoms with E-state index in [1.165, 1.54) is 0 Å². The Morgan fingerprint density at radius 2 is 1.89 bits per heavy atom. The minimum Gasteiger partial charge on any atom is -0.461 e. The highest BCUT2D eigenvalue weighted by molar-refractivity contribution is 8.93. The second-order valence-corrected chi connectivity index (χ2v) is 3.73. The molecule has 0 saturated heterocycles. The zero-order valence-electron chi connectivity index (χ0n) is 10.2. The molecule has 0 saturated carbocycles. The summed E-state index contributed by atoms with van der Waals surface area (Å²) < 4.78 is 6.90. The molecule has 0 bridgehead atoms. The van der Waals surface area contributed by atoms with E-state index in [-0.39, 0.29) is 23.0 Å². The third kappa shape index (κ3) is 3.47. The number of hydrogen-bond acceptors (Lipinski definition) is 2. The van der Waals surface area contributed by atoms with Crippen LogP contribution in [0.25, 0.3) is 0 Å². The molecular formula is C14H16BrNO2. The van der Waals surface area contributed by atoms with Gasteiger partial charge in [-0.15, -0.1) is 17.0 Å². The Labute approximate surface area is 117 Å². The van der Waals surface area contributed by atoms with Crippen molar-refractivity contribution in [3.05, 3.63) is 59.9 Å². The van der Waals surface area contributed by atoms with Crippen LogP contribution in [0.4, 0.5) is 0 Å². The number of carbonyl (C=O) groups is 1. The number of carbonyl (C=O) groups excluding carboxylic acids is 1. The molecule has 0 unspecified atom stereocenters. The smallest absolute Gasteiger partial charge is 0.354 e. The van der Waals surface area contributed by atoms with Crippen LogP contribution >= 0.6 is 17.0 Å². The van der Waals surface area contributed by atoms with Gasteiger partial charge in [0.25, 0.3) is 0 Å². The maximum atomic E-state index is 11.7. The van der Waals surface area contributed by atoms with Gasteiger partial charge in [-0.1, -0.05) is 30.3 Å². The number of nitrogens with zero attached hydrogens (tertiary/aromatic N) is 1. The number of aromatic nitrogens is 1. The highest BCUT2D eigenvalue weighted by Crippen LogP contribution is 2.09. The summed E-state index contributed by atoms with van der Waals surface area (Å²) in [5.41, 5.74) is 1.75. The Balaban J connectivity index is 0.00000162. The molecule has 0 atom stereocenters. The molecule has 2 rings (SSSR count). The van der Waals surface area contributed by atoms with E-state index in [1.807, 2.05) is 54.1 Å². The van der Waals surface area contributed by atoms with Crippen LogP contribution < -0.4 is 0 Å². The van der Waals surface area contributed by atoms with E-state index in [2.05, 4.69) is 0 Å². The Kier molecular flexibility index (Phi) is 5.65. The molecule has 0 fully saturated rings. The molecule has 0 aliphatic rings. The van der Waals surface area contributed by atoms with E-state index >= 15 is 0 Å². The van der Waals surface area contributed by atoms with Crippen molar-refractivity contribution in [2.75, 3.05) is 6.61 Å². The molecule has 0 spiro atoms. The fourth-order valence-corrected chi connectivity index (χ4v) is 1.72. The second-order valence-electron chi connectivity index (χ2n) is 3.73. The molecular weight excluding hydrogens is 294 g/mol. The van der Waals surface area contributed by atoms with E-state index in [9.17, 15) is 4.79 Å². The third-order valence-electron chi connectivity index (χ3n) is 2.51. The largest absolute Gasteiger partial charge is 0.461 e. The first-order chi connectivity index (χ1) is 8.31. The predicted molar refractivity (Wildman–Crippen MR) is 76.3 cm³/mol. The van der Waals surface area contributed by atoms with Crippen molar-refractivity contribution in [3.63, 3.8) is 0 Å². The second kappa shape index (κ2) is 7.01. The Bertz CT molecular complexity index is 494. The van der Waals surface area contributed by atoms with Crippen LogP contribution in [0.3, 0.4) is 0 Å². The molecule has 0 amide bonds. The lowest BCUT2D eigenvalue weighted by molar-refractivity contribution is 0.0514. The standard InChI is InChI=1S/C14H15NO2.BrH/c1-2-17-14(16)13-9-6-10-15(13)11-12-7-4-3-5-8-12;/h3-10H,2,11H2,1H3;1H. The summed E-state index contributed by atoms with van der Waals surface area (Å²) in [4.78, 5) is 11.7. The van der Waals surface area contributed by atoms with Crippen LogP contribution in [0.1, 0.15) is 23.0 Å². The van der Waals surface area contributed by atoms with E-state index in [0.717, 1.165) is 5.56 Å². The molecule has 0 aliphatic carbocycles. The zero-order chi connectivity index (χ0) is 12.1. The molecule has 3 nitrogen and oxygen atoms in total. The van der Waals surface area contributed by atoms with Gasteiger partial charge in [-0.05, 0) is 24.6 Å². The molecule has 1 aromatic heterocycles. The van der Waals surface area contributed by atoms with Gasteiger partial charge in [-0.25, -0.2) is 4.79 Å². The van der Waals surface area contributed by atoms with E-state index in [1.54, 1.807) is 6.07 Å². The Hall–Kier alpha value is -1.55. The summed E-state index contributed by atoms with van der Waals surface area (Å²) in [6.07, 6.45) is 1.89. The highest BCUT2D eigenvalue weighted by atomic mass is 79.9. The summed E-state index contributed by atoms with van der Waals surface area (Å²) in [5, 5.41) is 0. The van der Waals surface area contributed by atoms with Crippen molar-refractivity contribution in [2.45, 2.75) is 13.5 Å². The van der Waals surface area contributed by atoms with Crippen molar-refractivity contribution < 1.29 is 9.53 Å². The number of esters is 1. The zero-order valence-corrected chi connectivity index (χ0v) is 11.9. The summed E-state index contributed by atoms with van der Waals surface area (Å²) >= 11 is 0. The quantitative estimate of drug-likeness (QED) is 0.812. The first-order valence-corrected chi connectivity index (χ1v) is 5.67. The lowest BCUT2D eigenvalue weighted by atomic mass is 10.2. The number of rotatable bonds is 4. The first kappa shape index (κ1) is 14.5. The Morgan fingerprint density at radius 1 is 1.17 bits per heavy atom. The van der Waals surface area contributed by atoms with Crippen LogP contribution in [0.2, 0.25) is 0 Å². The van der Waals surface area contributed by atoms with Gasteiger partial charge in [0.2, 0.25) is 0 Å². The summed E-state index contributed by atoms with van der Waals surface area (Å²) in [7, 11) is 0. The minimum atomic E-state index is -0.270. The van der Waals surface area contributed by atoms with E-state index in [0.29, 0.717) is 18.8 Å². The number of hydrogen-bond donors (Lipinski definition) is 0. The summed E-state index contributed by atoms with van der Waals surface area (Å²) in [6.45, 7) is 2.89. The van der Waals surface area contributed by atoms with E-state index in [4.69, 9.17) is 4.74 Å². The molecule has 4 heteroatoms. The van der Waals surface area contributed by atoms with Gasteiger partial charge < -0.3 is 9.30 Å². The van der Waals surface area contributed by atoms with Gasteiger partial charge in [0.15, 0.2) is 0 Å². The van der Waals surface area contributed by atoms with Gasteiger partial charge in [0.05, 0.1) is 6.61 Å². The lowest BCUT2D eigenvalue weighted by Crippen LogP contribution is -2.12. The van der Waals surface area contributed by atoms with E-state index < -0.39 is 0 Å². The first-order valence-electron chi connectivity index (χ1n) is 5.67. The van der Waals surface area contributed by atoms with Crippen molar-refractivity contribution >= 4 is 23.0 Å². The van der Waals surface area contributed by atoms with Crippen molar-refractivity contribution in [1.82, 2.24) is 4.57 Å². The molecule has 96 valence electrons. The molecule has 1 heterocycles. The monoisotopic (exact) mass is 309 g/mol. The lowest BCUT2D eigenvalue weighted by Gasteiger charge is -2.08. The summed E-state index contributed by atoms with van der Waals surface area (Å²) in [6, 6.07) is 13.7.